The number of rotatable bonds is 8. The Hall–Kier alpha value is -1.87. The van der Waals surface area contributed by atoms with Gasteiger partial charge in [0.05, 0.1) is 7.11 Å². The van der Waals surface area contributed by atoms with Crippen LogP contribution in [0.15, 0.2) is 48.8 Å². The van der Waals surface area contributed by atoms with Crippen LogP contribution in [0.3, 0.4) is 0 Å². The molecule has 0 saturated heterocycles. The van der Waals surface area contributed by atoms with Gasteiger partial charge in [-0.1, -0.05) is 25.1 Å². The van der Waals surface area contributed by atoms with Gasteiger partial charge >= 0.3 is 0 Å². The number of hydrogen-bond acceptors (Lipinski definition) is 3. The second-order valence-electron chi connectivity index (χ2n) is 5.27. The van der Waals surface area contributed by atoms with Gasteiger partial charge in [-0.05, 0) is 55.1 Å². The van der Waals surface area contributed by atoms with E-state index in [0.717, 1.165) is 31.6 Å². The molecule has 0 aliphatic carbocycles. The van der Waals surface area contributed by atoms with Crippen molar-refractivity contribution in [1.29, 1.82) is 0 Å². The first-order chi connectivity index (χ1) is 10.3. The van der Waals surface area contributed by atoms with Crippen LogP contribution in [0.4, 0.5) is 0 Å². The summed E-state index contributed by atoms with van der Waals surface area (Å²) < 4.78 is 5.21. The lowest BCUT2D eigenvalue weighted by molar-refractivity contribution is 0.414. The molecule has 1 aromatic carbocycles. The van der Waals surface area contributed by atoms with Crippen molar-refractivity contribution in [3.63, 3.8) is 0 Å². The van der Waals surface area contributed by atoms with E-state index >= 15 is 0 Å². The van der Waals surface area contributed by atoms with Gasteiger partial charge in [0.1, 0.15) is 5.75 Å². The lowest BCUT2D eigenvalue weighted by Gasteiger charge is -2.19. The maximum absolute atomic E-state index is 5.21. The Balaban J connectivity index is 2.00. The van der Waals surface area contributed by atoms with E-state index in [9.17, 15) is 0 Å². The molecule has 112 valence electrons. The molecule has 3 heteroatoms. The van der Waals surface area contributed by atoms with Crippen LogP contribution in [0.2, 0.25) is 0 Å². The number of benzene rings is 1. The molecule has 3 nitrogen and oxygen atoms in total. The molecule has 0 aliphatic rings. The summed E-state index contributed by atoms with van der Waals surface area (Å²) in [5, 5.41) is 3.64. The fourth-order valence-electron chi connectivity index (χ4n) is 2.41. The van der Waals surface area contributed by atoms with Crippen molar-refractivity contribution in [2.24, 2.45) is 0 Å². The summed E-state index contributed by atoms with van der Waals surface area (Å²) in [5.74, 6) is 0.907. The van der Waals surface area contributed by atoms with E-state index < -0.39 is 0 Å². The molecule has 1 unspecified atom stereocenters. The van der Waals surface area contributed by atoms with Crippen molar-refractivity contribution < 1.29 is 4.74 Å². The molecule has 0 aliphatic heterocycles. The van der Waals surface area contributed by atoms with Crippen molar-refractivity contribution >= 4 is 0 Å². The Kier molecular flexibility index (Phi) is 6.22. The van der Waals surface area contributed by atoms with Crippen LogP contribution in [0, 0.1) is 0 Å². The highest BCUT2D eigenvalue weighted by atomic mass is 16.5. The SMILES string of the molecule is CCCNC(Cc1ccc(OC)cc1)Cc1cccnc1. The van der Waals surface area contributed by atoms with E-state index in [0.29, 0.717) is 6.04 Å². The Morgan fingerprint density at radius 1 is 1.10 bits per heavy atom. The van der Waals surface area contributed by atoms with Gasteiger partial charge < -0.3 is 10.1 Å². The molecule has 0 bridgehead atoms. The second-order valence-corrected chi connectivity index (χ2v) is 5.27. The molecule has 1 atom stereocenters. The van der Waals surface area contributed by atoms with E-state index in [1.54, 1.807) is 7.11 Å². The second kappa shape index (κ2) is 8.42. The normalized spacial score (nSPS) is 12.1. The van der Waals surface area contributed by atoms with Crippen LogP contribution in [0.1, 0.15) is 24.5 Å². The van der Waals surface area contributed by atoms with Gasteiger partial charge in [-0.2, -0.15) is 0 Å². The lowest BCUT2D eigenvalue weighted by Crippen LogP contribution is -2.33. The highest BCUT2D eigenvalue weighted by molar-refractivity contribution is 5.28. The van der Waals surface area contributed by atoms with E-state index in [1.807, 2.05) is 30.6 Å². The van der Waals surface area contributed by atoms with Crippen LogP contribution in [0.25, 0.3) is 0 Å². The third-order valence-electron chi connectivity index (χ3n) is 3.53. The van der Waals surface area contributed by atoms with Gasteiger partial charge in [-0.15, -0.1) is 0 Å². The first-order valence-electron chi connectivity index (χ1n) is 7.57. The maximum atomic E-state index is 5.21. The third kappa shape index (κ3) is 5.20. The molecule has 0 spiro atoms. The number of pyridine rings is 1. The predicted octanol–water partition coefficient (Wildman–Crippen LogP) is 3.24. The molecular formula is C18H24N2O. The number of nitrogens with one attached hydrogen (secondary N) is 1. The first kappa shape index (κ1) is 15.5. The van der Waals surface area contributed by atoms with Crippen LogP contribution in [-0.2, 0) is 12.8 Å². The zero-order chi connectivity index (χ0) is 14.9. The maximum Gasteiger partial charge on any atom is 0.118 e. The highest BCUT2D eigenvalue weighted by Crippen LogP contribution is 2.14. The van der Waals surface area contributed by atoms with Crippen LogP contribution in [-0.4, -0.2) is 24.7 Å². The summed E-state index contributed by atoms with van der Waals surface area (Å²) in [6.45, 7) is 3.24. The molecule has 0 fully saturated rings. The van der Waals surface area contributed by atoms with Crippen LogP contribution < -0.4 is 10.1 Å². The fraction of sp³-hybridized carbons (Fsp3) is 0.389. The highest BCUT2D eigenvalue weighted by Gasteiger charge is 2.10. The van der Waals surface area contributed by atoms with Gasteiger partial charge in [-0.25, -0.2) is 0 Å². The standard InChI is InChI=1S/C18H24N2O/c1-3-10-20-17(13-16-5-4-11-19-14-16)12-15-6-8-18(21-2)9-7-15/h4-9,11,14,17,20H,3,10,12-13H2,1-2H3. The average Bonchev–Trinajstić information content (AvgIpc) is 2.54. The van der Waals surface area contributed by atoms with E-state index in [4.69, 9.17) is 4.74 Å². The molecule has 21 heavy (non-hydrogen) atoms. The Bertz CT molecular complexity index is 511. The largest absolute Gasteiger partial charge is 0.497 e. The summed E-state index contributed by atoms with van der Waals surface area (Å²) in [6.07, 6.45) is 6.93. The zero-order valence-corrected chi connectivity index (χ0v) is 12.9. The molecule has 1 N–H and O–H groups in total. The van der Waals surface area contributed by atoms with Gasteiger partial charge in [0.25, 0.3) is 0 Å². The molecule has 2 rings (SSSR count). The van der Waals surface area contributed by atoms with Gasteiger partial charge in [0.2, 0.25) is 0 Å². The van der Waals surface area contributed by atoms with Gasteiger partial charge in [0, 0.05) is 18.4 Å². The van der Waals surface area contributed by atoms with E-state index in [2.05, 4.69) is 35.4 Å². The summed E-state index contributed by atoms with van der Waals surface area (Å²) in [5.41, 5.74) is 2.60. The van der Waals surface area contributed by atoms with Crippen molar-refractivity contribution in [2.45, 2.75) is 32.2 Å². The van der Waals surface area contributed by atoms with Crippen molar-refractivity contribution in [3.8, 4) is 5.75 Å². The van der Waals surface area contributed by atoms with Gasteiger partial charge in [0.15, 0.2) is 0 Å². The molecule has 2 aromatic rings. The summed E-state index contributed by atoms with van der Waals surface area (Å²) >= 11 is 0. The lowest BCUT2D eigenvalue weighted by atomic mass is 9.99. The molecule has 0 saturated carbocycles. The zero-order valence-electron chi connectivity index (χ0n) is 12.9. The molecule has 0 radical (unpaired) electrons. The third-order valence-corrected chi connectivity index (χ3v) is 3.53. The quantitative estimate of drug-likeness (QED) is 0.808. The molecule has 1 aromatic heterocycles. The van der Waals surface area contributed by atoms with E-state index in [1.165, 1.54) is 11.1 Å². The summed E-state index contributed by atoms with van der Waals surface area (Å²) in [6, 6.07) is 12.9. The molecular weight excluding hydrogens is 260 g/mol. The minimum atomic E-state index is 0.433. The summed E-state index contributed by atoms with van der Waals surface area (Å²) in [4.78, 5) is 4.20. The van der Waals surface area contributed by atoms with Crippen molar-refractivity contribution in [3.05, 3.63) is 59.9 Å². The molecule has 1 heterocycles. The minimum absolute atomic E-state index is 0.433. The molecule has 0 amide bonds. The Labute approximate surface area is 127 Å². The van der Waals surface area contributed by atoms with Crippen molar-refractivity contribution in [2.75, 3.05) is 13.7 Å². The topological polar surface area (TPSA) is 34.1 Å². The van der Waals surface area contributed by atoms with Crippen LogP contribution >= 0.6 is 0 Å². The Morgan fingerprint density at radius 2 is 1.86 bits per heavy atom. The Morgan fingerprint density at radius 3 is 2.48 bits per heavy atom. The van der Waals surface area contributed by atoms with Gasteiger partial charge in [-0.3, -0.25) is 4.98 Å². The number of methoxy groups -OCH3 is 1. The predicted molar refractivity (Wildman–Crippen MR) is 86.7 cm³/mol. The van der Waals surface area contributed by atoms with Crippen molar-refractivity contribution in [1.82, 2.24) is 10.3 Å². The van der Waals surface area contributed by atoms with E-state index in [-0.39, 0.29) is 0 Å². The van der Waals surface area contributed by atoms with Crippen LogP contribution in [0.5, 0.6) is 5.75 Å². The minimum Gasteiger partial charge on any atom is -0.497 e. The number of ether oxygens (including phenoxy) is 1. The monoisotopic (exact) mass is 284 g/mol. The number of nitrogens with zero attached hydrogens (tertiary/aromatic N) is 1. The summed E-state index contributed by atoms with van der Waals surface area (Å²) in [7, 11) is 1.70. The number of aromatic nitrogens is 1. The fourth-order valence-corrected chi connectivity index (χ4v) is 2.41. The smallest absolute Gasteiger partial charge is 0.118 e. The first-order valence-corrected chi connectivity index (χ1v) is 7.57. The average molecular weight is 284 g/mol. The number of hydrogen-bond donors (Lipinski definition) is 1.